The van der Waals surface area contributed by atoms with E-state index in [0.29, 0.717) is 15.9 Å². The van der Waals surface area contributed by atoms with Crippen molar-refractivity contribution in [3.8, 4) is 5.75 Å². The van der Waals surface area contributed by atoms with Crippen LogP contribution in [0.3, 0.4) is 0 Å². The van der Waals surface area contributed by atoms with Gasteiger partial charge in [-0.3, -0.25) is 13.9 Å². The summed E-state index contributed by atoms with van der Waals surface area (Å²) in [6.45, 7) is 9.02. The maximum atomic E-state index is 14.0. The highest BCUT2D eigenvalue weighted by Gasteiger charge is 2.33. The van der Waals surface area contributed by atoms with Crippen molar-refractivity contribution in [2.45, 2.75) is 64.6 Å². The van der Waals surface area contributed by atoms with E-state index in [1.54, 1.807) is 37.3 Å². The van der Waals surface area contributed by atoms with Gasteiger partial charge in [-0.25, -0.2) is 8.42 Å². The van der Waals surface area contributed by atoms with Crippen LogP contribution in [-0.2, 0) is 26.2 Å². The fourth-order valence-corrected chi connectivity index (χ4v) is 6.36. The molecule has 0 aromatic heterocycles. The summed E-state index contributed by atoms with van der Waals surface area (Å²) in [5, 5.41) is 2.94. The first-order valence-corrected chi connectivity index (χ1v) is 15.7. The molecule has 0 aliphatic rings. The standard InChI is InChI=1S/C31H38BrN3O5S/c1-7-23(4)33-31(37)24(5)34(19-25-10-8-9-22(3)17-25)30(36)20-35(26-13-11-21(2)12-14-26)41(38,39)27-15-16-29(40-6)28(32)18-27/h8-18,23-24H,7,19-20H2,1-6H3,(H,33,37)/t23-,24-/m0/s1. The number of benzene rings is 3. The first-order valence-electron chi connectivity index (χ1n) is 13.5. The molecular weight excluding hydrogens is 606 g/mol. The van der Waals surface area contributed by atoms with Crippen LogP contribution < -0.4 is 14.4 Å². The number of sulfonamides is 1. The van der Waals surface area contributed by atoms with E-state index in [1.165, 1.54) is 24.1 Å². The van der Waals surface area contributed by atoms with Crippen LogP contribution in [-0.4, -0.2) is 50.9 Å². The Balaban J connectivity index is 2.05. The first-order chi connectivity index (χ1) is 19.4. The van der Waals surface area contributed by atoms with Gasteiger partial charge in [0.2, 0.25) is 11.8 Å². The number of hydrogen-bond acceptors (Lipinski definition) is 5. The Bertz CT molecular complexity index is 1480. The molecule has 0 heterocycles. The quantitative estimate of drug-likeness (QED) is 0.277. The van der Waals surface area contributed by atoms with Gasteiger partial charge in [-0.15, -0.1) is 0 Å². The average molecular weight is 645 g/mol. The molecular formula is C31H38BrN3O5S. The largest absolute Gasteiger partial charge is 0.496 e. The van der Waals surface area contributed by atoms with E-state index in [2.05, 4.69) is 21.2 Å². The number of ether oxygens (including phenoxy) is 1. The van der Waals surface area contributed by atoms with E-state index in [9.17, 15) is 18.0 Å². The molecule has 1 N–H and O–H groups in total. The number of rotatable bonds is 12. The molecule has 0 saturated heterocycles. The number of nitrogens with zero attached hydrogens (tertiary/aromatic N) is 2. The molecule has 0 saturated carbocycles. The van der Waals surface area contributed by atoms with Gasteiger partial charge < -0.3 is 15.0 Å². The number of aryl methyl sites for hydroxylation is 2. The van der Waals surface area contributed by atoms with Crippen LogP contribution >= 0.6 is 15.9 Å². The maximum Gasteiger partial charge on any atom is 0.264 e. The molecule has 8 nitrogen and oxygen atoms in total. The predicted octanol–water partition coefficient (Wildman–Crippen LogP) is 5.60. The van der Waals surface area contributed by atoms with Crippen LogP contribution in [0.15, 0.2) is 76.1 Å². The van der Waals surface area contributed by atoms with E-state index in [0.717, 1.165) is 27.4 Å². The average Bonchev–Trinajstić information content (AvgIpc) is 2.94. The van der Waals surface area contributed by atoms with Crippen LogP contribution in [0, 0.1) is 13.8 Å². The van der Waals surface area contributed by atoms with Crippen molar-refractivity contribution >= 4 is 43.5 Å². The molecule has 0 spiro atoms. The molecule has 0 fully saturated rings. The van der Waals surface area contributed by atoms with Gasteiger partial charge in [-0.2, -0.15) is 0 Å². The molecule has 2 atom stereocenters. The van der Waals surface area contributed by atoms with Crippen LogP contribution in [0.25, 0.3) is 0 Å². The molecule has 0 bridgehead atoms. The molecule has 0 aliphatic heterocycles. The van der Waals surface area contributed by atoms with Crippen LogP contribution in [0.4, 0.5) is 5.69 Å². The fraction of sp³-hybridized carbons (Fsp3) is 0.355. The Morgan fingerprint density at radius 2 is 1.66 bits per heavy atom. The minimum atomic E-state index is -4.19. The fourth-order valence-electron chi connectivity index (χ4n) is 4.23. The third kappa shape index (κ3) is 8.10. The molecule has 3 aromatic carbocycles. The summed E-state index contributed by atoms with van der Waals surface area (Å²) >= 11 is 3.36. The summed E-state index contributed by atoms with van der Waals surface area (Å²) in [6.07, 6.45) is 0.737. The SMILES string of the molecule is CC[C@H](C)NC(=O)[C@H](C)N(Cc1cccc(C)c1)C(=O)CN(c1ccc(C)cc1)S(=O)(=O)c1ccc(OC)c(Br)c1. The van der Waals surface area contributed by atoms with E-state index in [4.69, 9.17) is 4.74 Å². The third-order valence-electron chi connectivity index (χ3n) is 6.92. The second-order valence-corrected chi connectivity index (χ2v) is 12.9. The Morgan fingerprint density at radius 3 is 2.24 bits per heavy atom. The van der Waals surface area contributed by atoms with Crippen molar-refractivity contribution < 1.29 is 22.7 Å². The minimum Gasteiger partial charge on any atom is -0.496 e. The summed E-state index contributed by atoms with van der Waals surface area (Å²) in [6, 6.07) is 18.1. The molecule has 3 aromatic rings. The lowest BCUT2D eigenvalue weighted by Gasteiger charge is -2.32. The molecule has 0 aliphatic carbocycles. The normalized spacial score (nSPS) is 12.8. The number of methoxy groups -OCH3 is 1. The summed E-state index contributed by atoms with van der Waals surface area (Å²) in [5.41, 5.74) is 3.13. The third-order valence-corrected chi connectivity index (χ3v) is 9.31. The lowest BCUT2D eigenvalue weighted by atomic mass is 10.1. The number of amides is 2. The molecule has 41 heavy (non-hydrogen) atoms. The van der Waals surface area contributed by atoms with E-state index in [-0.39, 0.29) is 23.4 Å². The van der Waals surface area contributed by atoms with Gasteiger partial charge in [0.25, 0.3) is 10.0 Å². The van der Waals surface area contributed by atoms with Crippen molar-refractivity contribution in [2.24, 2.45) is 0 Å². The van der Waals surface area contributed by atoms with Crippen LogP contribution in [0.2, 0.25) is 0 Å². The second kappa shape index (κ2) is 14.0. The van der Waals surface area contributed by atoms with Gasteiger partial charge in [0.05, 0.1) is 22.2 Å². The number of nitrogens with one attached hydrogen (secondary N) is 1. The zero-order valence-corrected chi connectivity index (χ0v) is 26.8. The Kier molecular flexibility index (Phi) is 11.0. The summed E-state index contributed by atoms with van der Waals surface area (Å²) in [7, 11) is -2.70. The van der Waals surface area contributed by atoms with Crippen molar-refractivity contribution in [1.29, 1.82) is 0 Å². The van der Waals surface area contributed by atoms with Gasteiger partial charge in [-0.1, -0.05) is 54.4 Å². The molecule has 2 amide bonds. The van der Waals surface area contributed by atoms with Crippen molar-refractivity contribution in [2.75, 3.05) is 18.0 Å². The van der Waals surface area contributed by atoms with Crippen LogP contribution in [0.5, 0.6) is 5.75 Å². The molecule has 0 unspecified atom stereocenters. The Hall–Kier alpha value is -3.37. The predicted molar refractivity (Wildman–Crippen MR) is 165 cm³/mol. The lowest BCUT2D eigenvalue weighted by molar-refractivity contribution is -0.139. The molecule has 220 valence electrons. The number of hydrogen-bond donors (Lipinski definition) is 1. The van der Waals surface area contributed by atoms with E-state index in [1.807, 2.05) is 52.0 Å². The van der Waals surface area contributed by atoms with Crippen molar-refractivity contribution in [3.63, 3.8) is 0 Å². The van der Waals surface area contributed by atoms with Gasteiger partial charge in [0.15, 0.2) is 0 Å². The number of carbonyl (C=O) groups excluding carboxylic acids is 2. The highest BCUT2D eigenvalue weighted by molar-refractivity contribution is 9.10. The number of anilines is 1. The highest BCUT2D eigenvalue weighted by atomic mass is 79.9. The Labute approximate surface area is 251 Å². The maximum absolute atomic E-state index is 14.0. The van der Waals surface area contributed by atoms with Crippen molar-refractivity contribution in [1.82, 2.24) is 10.2 Å². The number of halogens is 1. The Morgan fingerprint density at radius 1 is 0.976 bits per heavy atom. The molecule has 0 radical (unpaired) electrons. The zero-order chi connectivity index (χ0) is 30.3. The molecule has 10 heteroatoms. The van der Waals surface area contributed by atoms with Crippen molar-refractivity contribution in [3.05, 3.63) is 87.9 Å². The highest BCUT2D eigenvalue weighted by Crippen LogP contribution is 2.31. The van der Waals surface area contributed by atoms with Gasteiger partial charge in [-0.05, 0) is 85.9 Å². The van der Waals surface area contributed by atoms with Gasteiger partial charge in [0.1, 0.15) is 18.3 Å². The lowest BCUT2D eigenvalue weighted by Crippen LogP contribution is -2.52. The van der Waals surface area contributed by atoms with E-state index < -0.39 is 28.5 Å². The smallest absolute Gasteiger partial charge is 0.264 e. The topological polar surface area (TPSA) is 96.0 Å². The van der Waals surface area contributed by atoms with Gasteiger partial charge in [0, 0.05) is 12.6 Å². The first kappa shape index (κ1) is 32.1. The second-order valence-electron chi connectivity index (χ2n) is 10.1. The van der Waals surface area contributed by atoms with E-state index >= 15 is 0 Å². The number of carbonyl (C=O) groups is 2. The minimum absolute atomic E-state index is 0.00801. The summed E-state index contributed by atoms with van der Waals surface area (Å²) < 4.78 is 34.9. The zero-order valence-electron chi connectivity index (χ0n) is 24.3. The van der Waals surface area contributed by atoms with Gasteiger partial charge >= 0.3 is 0 Å². The summed E-state index contributed by atoms with van der Waals surface area (Å²) in [5.74, 6) is -0.327. The van der Waals surface area contributed by atoms with Crippen LogP contribution in [0.1, 0.15) is 43.9 Å². The molecule has 3 rings (SSSR count). The monoisotopic (exact) mass is 643 g/mol. The summed E-state index contributed by atoms with van der Waals surface area (Å²) in [4.78, 5) is 28.6.